The fraction of sp³-hybridized carbons (Fsp3) is 0.579. The molecule has 1 amide bonds. The number of carbonyl (C=O) groups excluding carboxylic acids is 1. The number of aliphatic carboxylic acids is 1. The van der Waals surface area contributed by atoms with E-state index in [1.807, 2.05) is 4.90 Å². The molecule has 1 fully saturated rings. The van der Waals surface area contributed by atoms with Gasteiger partial charge in [0.25, 0.3) is 0 Å². The molecule has 5 nitrogen and oxygen atoms in total. The minimum atomic E-state index is -0.720. The molecule has 0 radical (unpaired) electrons. The molecule has 140 valence electrons. The molecule has 0 spiro atoms. The van der Waals surface area contributed by atoms with Gasteiger partial charge < -0.3 is 10.4 Å². The van der Waals surface area contributed by atoms with Crippen LogP contribution in [0.5, 0.6) is 0 Å². The van der Waals surface area contributed by atoms with E-state index in [1.165, 1.54) is 11.1 Å². The molecular formula is C19H29ClN2O3. The SMILES string of the molecule is CC(C)c1ccc(CCNC(=O)CN2CCC(C(=O)O)CC2)cc1.Cl. The topological polar surface area (TPSA) is 69.6 Å². The van der Waals surface area contributed by atoms with Gasteiger partial charge in [-0.15, -0.1) is 12.4 Å². The maximum atomic E-state index is 12.0. The Labute approximate surface area is 156 Å². The van der Waals surface area contributed by atoms with Crippen molar-refractivity contribution < 1.29 is 14.7 Å². The van der Waals surface area contributed by atoms with Crippen molar-refractivity contribution in [2.24, 2.45) is 5.92 Å². The fourth-order valence-corrected chi connectivity index (χ4v) is 3.01. The first-order valence-electron chi connectivity index (χ1n) is 8.76. The van der Waals surface area contributed by atoms with Gasteiger partial charge in [-0.2, -0.15) is 0 Å². The van der Waals surface area contributed by atoms with E-state index in [-0.39, 0.29) is 24.2 Å². The monoisotopic (exact) mass is 368 g/mol. The average Bonchev–Trinajstić information content (AvgIpc) is 2.55. The van der Waals surface area contributed by atoms with Crippen molar-refractivity contribution in [2.45, 2.75) is 39.0 Å². The highest BCUT2D eigenvalue weighted by Gasteiger charge is 2.25. The molecule has 25 heavy (non-hydrogen) atoms. The van der Waals surface area contributed by atoms with Crippen LogP contribution in [0.1, 0.15) is 43.7 Å². The molecule has 1 aromatic rings. The zero-order valence-electron chi connectivity index (χ0n) is 15.0. The zero-order chi connectivity index (χ0) is 17.5. The lowest BCUT2D eigenvalue weighted by molar-refractivity contribution is -0.143. The first kappa shape index (κ1) is 21.5. The standard InChI is InChI=1S/C19H28N2O3.ClH/c1-14(2)16-5-3-15(4-6-16)7-10-20-18(22)13-21-11-8-17(9-12-21)19(23)24;/h3-6,14,17H,7-13H2,1-2H3,(H,20,22)(H,23,24);1H. The van der Waals surface area contributed by atoms with Crippen LogP contribution < -0.4 is 5.32 Å². The maximum Gasteiger partial charge on any atom is 0.306 e. The van der Waals surface area contributed by atoms with Gasteiger partial charge in [0.05, 0.1) is 12.5 Å². The molecule has 0 saturated carbocycles. The molecule has 1 aromatic carbocycles. The number of halogens is 1. The summed E-state index contributed by atoms with van der Waals surface area (Å²) >= 11 is 0. The molecule has 0 aliphatic carbocycles. The van der Waals surface area contributed by atoms with Gasteiger partial charge in [-0.3, -0.25) is 14.5 Å². The number of likely N-dealkylation sites (tertiary alicyclic amines) is 1. The van der Waals surface area contributed by atoms with Gasteiger partial charge in [-0.1, -0.05) is 38.1 Å². The third-order valence-electron chi connectivity index (χ3n) is 4.69. The molecule has 0 unspecified atom stereocenters. The van der Waals surface area contributed by atoms with Gasteiger partial charge in [-0.05, 0) is 49.4 Å². The second kappa shape index (κ2) is 10.4. The molecule has 1 aliphatic rings. The Morgan fingerprint density at radius 2 is 1.80 bits per heavy atom. The highest BCUT2D eigenvalue weighted by molar-refractivity contribution is 5.85. The van der Waals surface area contributed by atoms with E-state index in [4.69, 9.17) is 5.11 Å². The molecule has 6 heteroatoms. The molecule has 0 bridgehead atoms. The summed E-state index contributed by atoms with van der Waals surface area (Å²) < 4.78 is 0. The summed E-state index contributed by atoms with van der Waals surface area (Å²) in [5.74, 6) is -0.424. The number of hydrogen-bond donors (Lipinski definition) is 2. The highest BCUT2D eigenvalue weighted by Crippen LogP contribution is 2.17. The number of benzene rings is 1. The summed E-state index contributed by atoms with van der Waals surface area (Å²) in [5, 5.41) is 11.9. The predicted octanol–water partition coefficient (Wildman–Crippen LogP) is 2.69. The number of hydrogen-bond acceptors (Lipinski definition) is 3. The molecule has 1 heterocycles. The second-order valence-corrected chi connectivity index (χ2v) is 6.88. The molecule has 1 saturated heterocycles. The summed E-state index contributed by atoms with van der Waals surface area (Å²) in [6.07, 6.45) is 2.08. The van der Waals surface area contributed by atoms with E-state index in [0.717, 1.165) is 6.42 Å². The van der Waals surface area contributed by atoms with Crippen LogP contribution >= 0.6 is 12.4 Å². The molecule has 2 N–H and O–H groups in total. The number of nitrogens with one attached hydrogen (secondary N) is 1. The largest absolute Gasteiger partial charge is 0.481 e. The lowest BCUT2D eigenvalue weighted by atomic mass is 9.97. The van der Waals surface area contributed by atoms with Crippen molar-refractivity contribution in [3.8, 4) is 0 Å². The molecule has 0 atom stereocenters. The highest BCUT2D eigenvalue weighted by atomic mass is 35.5. The van der Waals surface area contributed by atoms with Crippen LogP contribution in [0.3, 0.4) is 0 Å². The van der Waals surface area contributed by atoms with Crippen molar-refractivity contribution in [3.05, 3.63) is 35.4 Å². The summed E-state index contributed by atoms with van der Waals surface area (Å²) in [5.41, 5.74) is 2.55. The van der Waals surface area contributed by atoms with Crippen LogP contribution in [0.2, 0.25) is 0 Å². The van der Waals surface area contributed by atoms with Crippen LogP contribution in [0.15, 0.2) is 24.3 Å². The second-order valence-electron chi connectivity index (χ2n) is 6.88. The molecule has 0 aromatic heterocycles. The van der Waals surface area contributed by atoms with Crippen molar-refractivity contribution in [2.75, 3.05) is 26.2 Å². The van der Waals surface area contributed by atoms with Gasteiger partial charge in [-0.25, -0.2) is 0 Å². The number of carboxylic acid groups (broad SMARTS) is 1. The van der Waals surface area contributed by atoms with E-state index in [9.17, 15) is 9.59 Å². The van der Waals surface area contributed by atoms with Gasteiger partial charge >= 0.3 is 5.97 Å². The minimum absolute atomic E-state index is 0. The zero-order valence-corrected chi connectivity index (χ0v) is 15.8. The van der Waals surface area contributed by atoms with Crippen molar-refractivity contribution in [1.29, 1.82) is 0 Å². The van der Waals surface area contributed by atoms with E-state index in [0.29, 0.717) is 44.9 Å². The van der Waals surface area contributed by atoms with Crippen molar-refractivity contribution >= 4 is 24.3 Å². The maximum absolute atomic E-state index is 12.0. The Morgan fingerprint density at radius 3 is 2.32 bits per heavy atom. The third kappa shape index (κ3) is 7.04. The van der Waals surface area contributed by atoms with Crippen molar-refractivity contribution in [3.63, 3.8) is 0 Å². The van der Waals surface area contributed by atoms with E-state index in [1.54, 1.807) is 0 Å². The third-order valence-corrected chi connectivity index (χ3v) is 4.69. The number of rotatable bonds is 7. The Bertz CT molecular complexity index is 552. The Morgan fingerprint density at radius 1 is 1.20 bits per heavy atom. The quantitative estimate of drug-likeness (QED) is 0.776. The van der Waals surface area contributed by atoms with Crippen LogP contribution in [0.25, 0.3) is 0 Å². The first-order chi connectivity index (χ1) is 11.5. The Balaban J connectivity index is 0.00000312. The normalized spacial score (nSPS) is 15.6. The minimum Gasteiger partial charge on any atom is -0.481 e. The average molecular weight is 369 g/mol. The first-order valence-corrected chi connectivity index (χ1v) is 8.76. The fourth-order valence-electron chi connectivity index (χ4n) is 3.01. The lowest BCUT2D eigenvalue weighted by Gasteiger charge is -2.29. The van der Waals surface area contributed by atoms with Crippen LogP contribution in [0, 0.1) is 5.92 Å². The predicted molar refractivity (Wildman–Crippen MR) is 101 cm³/mol. The number of piperidine rings is 1. The van der Waals surface area contributed by atoms with Crippen molar-refractivity contribution in [1.82, 2.24) is 10.2 Å². The summed E-state index contributed by atoms with van der Waals surface area (Å²) in [6.45, 7) is 6.70. The Hall–Kier alpha value is -1.59. The van der Waals surface area contributed by atoms with E-state index >= 15 is 0 Å². The van der Waals surface area contributed by atoms with Gasteiger partial charge in [0.15, 0.2) is 0 Å². The van der Waals surface area contributed by atoms with E-state index < -0.39 is 5.97 Å². The smallest absolute Gasteiger partial charge is 0.306 e. The van der Waals surface area contributed by atoms with E-state index in [2.05, 4.69) is 43.4 Å². The van der Waals surface area contributed by atoms with Gasteiger partial charge in [0.2, 0.25) is 5.91 Å². The molecule has 1 aliphatic heterocycles. The molecular weight excluding hydrogens is 340 g/mol. The lowest BCUT2D eigenvalue weighted by Crippen LogP contribution is -2.43. The van der Waals surface area contributed by atoms with Crippen LogP contribution in [0.4, 0.5) is 0 Å². The number of carbonyl (C=O) groups is 2. The number of amides is 1. The number of nitrogens with zero attached hydrogens (tertiary/aromatic N) is 1. The molecule has 2 rings (SSSR count). The summed E-state index contributed by atoms with van der Waals surface area (Å²) in [7, 11) is 0. The summed E-state index contributed by atoms with van der Waals surface area (Å²) in [6, 6.07) is 8.54. The van der Waals surface area contributed by atoms with Gasteiger partial charge in [0.1, 0.15) is 0 Å². The Kier molecular flexibility index (Phi) is 8.93. The van der Waals surface area contributed by atoms with Crippen LogP contribution in [-0.4, -0.2) is 48.1 Å². The summed E-state index contributed by atoms with van der Waals surface area (Å²) in [4.78, 5) is 24.9. The van der Waals surface area contributed by atoms with Gasteiger partial charge in [0, 0.05) is 6.54 Å². The number of carboxylic acids is 1. The van der Waals surface area contributed by atoms with Crippen LogP contribution in [-0.2, 0) is 16.0 Å².